The highest BCUT2D eigenvalue weighted by atomic mass is 16.5. The Morgan fingerprint density at radius 3 is 2.87 bits per heavy atom. The molecule has 0 radical (unpaired) electrons. The summed E-state index contributed by atoms with van der Waals surface area (Å²) >= 11 is 0. The molecule has 0 aromatic carbocycles. The van der Waals surface area contributed by atoms with Crippen LogP contribution in [0.15, 0.2) is 6.07 Å². The predicted molar refractivity (Wildman–Crippen MR) is 52.3 cm³/mol. The van der Waals surface area contributed by atoms with Crippen LogP contribution in [0, 0.1) is 6.92 Å². The van der Waals surface area contributed by atoms with Crippen molar-refractivity contribution in [1.82, 2.24) is 15.5 Å². The highest BCUT2D eigenvalue weighted by Crippen LogP contribution is 1.96. The molecule has 0 atom stereocenters. The number of carbonyl (C=O) groups excluding carboxylic acids is 2. The van der Waals surface area contributed by atoms with Crippen molar-refractivity contribution < 1.29 is 14.3 Å². The molecule has 1 amide bonds. The first-order valence-corrected chi connectivity index (χ1v) is 4.59. The number of nitrogens with one attached hydrogen (secondary N) is 2. The van der Waals surface area contributed by atoms with Gasteiger partial charge in [-0.1, -0.05) is 0 Å². The zero-order chi connectivity index (χ0) is 11.3. The van der Waals surface area contributed by atoms with Crippen LogP contribution >= 0.6 is 0 Å². The van der Waals surface area contributed by atoms with Gasteiger partial charge in [-0.3, -0.25) is 14.7 Å². The van der Waals surface area contributed by atoms with Gasteiger partial charge in [0.25, 0.3) is 5.91 Å². The van der Waals surface area contributed by atoms with Crippen molar-refractivity contribution in [2.75, 3.05) is 13.2 Å². The zero-order valence-corrected chi connectivity index (χ0v) is 8.66. The molecule has 6 nitrogen and oxygen atoms in total. The van der Waals surface area contributed by atoms with E-state index in [2.05, 4.69) is 20.3 Å². The fraction of sp³-hybridized carbons (Fsp3) is 0.444. The number of nitrogens with zero attached hydrogens (tertiary/aromatic N) is 1. The fourth-order valence-electron chi connectivity index (χ4n) is 0.989. The molecule has 15 heavy (non-hydrogen) atoms. The van der Waals surface area contributed by atoms with E-state index >= 15 is 0 Å². The van der Waals surface area contributed by atoms with E-state index in [1.807, 2.05) is 0 Å². The maximum Gasteiger partial charge on any atom is 0.325 e. The molecule has 2 N–H and O–H groups in total. The van der Waals surface area contributed by atoms with Crippen LogP contribution in [0.25, 0.3) is 0 Å². The van der Waals surface area contributed by atoms with E-state index in [0.717, 1.165) is 5.69 Å². The monoisotopic (exact) mass is 211 g/mol. The van der Waals surface area contributed by atoms with Crippen molar-refractivity contribution >= 4 is 11.9 Å². The second-order valence-corrected chi connectivity index (χ2v) is 2.92. The number of rotatable bonds is 4. The molecule has 1 aromatic rings. The van der Waals surface area contributed by atoms with Crippen LogP contribution in [-0.2, 0) is 9.53 Å². The average molecular weight is 211 g/mol. The largest absolute Gasteiger partial charge is 0.465 e. The van der Waals surface area contributed by atoms with Crippen LogP contribution in [0.4, 0.5) is 0 Å². The van der Waals surface area contributed by atoms with Crippen LogP contribution in [0.5, 0.6) is 0 Å². The fourth-order valence-corrected chi connectivity index (χ4v) is 0.989. The lowest BCUT2D eigenvalue weighted by Gasteiger charge is -2.02. The lowest BCUT2D eigenvalue weighted by Crippen LogP contribution is -2.30. The minimum Gasteiger partial charge on any atom is -0.465 e. The first kappa shape index (κ1) is 11.2. The minimum absolute atomic E-state index is 0.140. The number of carbonyl (C=O) groups is 2. The van der Waals surface area contributed by atoms with E-state index in [-0.39, 0.29) is 12.2 Å². The third-order valence-electron chi connectivity index (χ3n) is 1.64. The summed E-state index contributed by atoms with van der Waals surface area (Å²) < 4.78 is 4.65. The van der Waals surface area contributed by atoms with Gasteiger partial charge in [-0.25, -0.2) is 0 Å². The highest BCUT2D eigenvalue weighted by molar-refractivity contribution is 5.94. The third-order valence-corrected chi connectivity index (χ3v) is 1.64. The number of amides is 1. The van der Waals surface area contributed by atoms with Gasteiger partial charge in [0.05, 0.1) is 6.61 Å². The van der Waals surface area contributed by atoms with Gasteiger partial charge in [-0.2, -0.15) is 5.10 Å². The molecule has 0 saturated carbocycles. The molecule has 0 unspecified atom stereocenters. The summed E-state index contributed by atoms with van der Waals surface area (Å²) in [6.45, 7) is 3.65. The van der Waals surface area contributed by atoms with Crippen LogP contribution in [0.2, 0.25) is 0 Å². The molecule has 0 aliphatic carbocycles. The Kier molecular flexibility index (Phi) is 3.84. The Bertz CT molecular complexity index is 359. The number of esters is 1. The quantitative estimate of drug-likeness (QED) is 0.687. The van der Waals surface area contributed by atoms with Crippen LogP contribution in [0.3, 0.4) is 0 Å². The van der Waals surface area contributed by atoms with Gasteiger partial charge in [-0.05, 0) is 19.9 Å². The van der Waals surface area contributed by atoms with Crippen molar-refractivity contribution in [3.05, 3.63) is 17.5 Å². The maximum absolute atomic E-state index is 11.4. The van der Waals surface area contributed by atoms with Crippen molar-refractivity contribution in [2.45, 2.75) is 13.8 Å². The van der Waals surface area contributed by atoms with E-state index < -0.39 is 11.9 Å². The Hall–Kier alpha value is -1.85. The summed E-state index contributed by atoms with van der Waals surface area (Å²) in [7, 11) is 0. The average Bonchev–Trinajstić information content (AvgIpc) is 2.62. The van der Waals surface area contributed by atoms with Gasteiger partial charge < -0.3 is 10.1 Å². The summed E-state index contributed by atoms with van der Waals surface area (Å²) in [5.41, 5.74) is 1.05. The lowest BCUT2D eigenvalue weighted by atomic mass is 10.3. The Morgan fingerprint density at radius 2 is 2.33 bits per heavy atom. The molecule has 0 spiro atoms. The minimum atomic E-state index is -0.460. The molecule has 0 aliphatic heterocycles. The number of ether oxygens (including phenoxy) is 1. The molecule has 1 rings (SSSR count). The molecule has 1 heterocycles. The first-order valence-electron chi connectivity index (χ1n) is 4.59. The summed E-state index contributed by atoms with van der Waals surface area (Å²) in [6, 6.07) is 1.60. The summed E-state index contributed by atoms with van der Waals surface area (Å²) in [6.07, 6.45) is 0. The molecule has 0 bridgehead atoms. The number of aromatic amines is 1. The lowest BCUT2D eigenvalue weighted by molar-refractivity contribution is -0.141. The van der Waals surface area contributed by atoms with Gasteiger partial charge in [0.2, 0.25) is 0 Å². The molecule has 82 valence electrons. The number of hydrogen-bond acceptors (Lipinski definition) is 4. The van der Waals surface area contributed by atoms with Gasteiger partial charge in [0.1, 0.15) is 12.2 Å². The van der Waals surface area contributed by atoms with E-state index in [1.54, 1.807) is 19.9 Å². The van der Waals surface area contributed by atoms with Gasteiger partial charge in [0, 0.05) is 5.69 Å². The summed E-state index contributed by atoms with van der Waals surface area (Å²) in [4.78, 5) is 22.3. The third kappa shape index (κ3) is 3.41. The molecular weight excluding hydrogens is 198 g/mol. The molecular formula is C9H13N3O3. The highest BCUT2D eigenvalue weighted by Gasteiger charge is 2.10. The van der Waals surface area contributed by atoms with Gasteiger partial charge in [-0.15, -0.1) is 0 Å². The number of hydrogen-bond donors (Lipinski definition) is 2. The SMILES string of the molecule is CCOC(=O)CNC(=O)c1cc(C)[nH]n1. The Morgan fingerprint density at radius 1 is 1.60 bits per heavy atom. The van der Waals surface area contributed by atoms with Crippen molar-refractivity contribution in [3.8, 4) is 0 Å². The normalized spacial score (nSPS) is 9.73. The number of aryl methyl sites for hydroxylation is 1. The Labute approximate surface area is 87.0 Å². The Balaban J connectivity index is 2.40. The molecule has 6 heteroatoms. The number of H-pyrrole nitrogens is 1. The predicted octanol–water partition coefficient (Wildman–Crippen LogP) is 0.0110. The van der Waals surface area contributed by atoms with Crippen molar-refractivity contribution in [1.29, 1.82) is 0 Å². The van der Waals surface area contributed by atoms with Crippen LogP contribution < -0.4 is 5.32 Å². The summed E-state index contributed by atoms with van der Waals surface area (Å²) in [5.74, 6) is -0.856. The van der Waals surface area contributed by atoms with E-state index in [4.69, 9.17) is 0 Å². The second-order valence-electron chi connectivity index (χ2n) is 2.92. The smallest absolute Gasteiger partial charge is 0.325 e. The first-order chi connectivity index (χ1) is 7.13. The standard InChI is InChI=1S/C9H13N3O3/c1-3-15-8(13)5-10-9(14)7-4-6(2)11-12-7/h4H,3,5H2,1-2H3,(H,10,14)(H,11,12). The maximum atomic E-state index is 11.4. The van der Waals surface area contributed by atoms with E-state index in [9.17, 15) is 9.59 Å². The molecule has 0 fully saturated rings. The van der Waals surface area contributed by atoms with Crippen molar-refractivity contribution in [3.63, 3.8) is 0 Å². The van der Waals surface area contributed by atoms with Gasteiger partial charge >= 0.3 is 5.97 Å². The topological polar surface area (TPSA) is 84.1 Å². The molecule has 0 aliphatic rings. The van der Waals surface area contributed by atoms with Crippen LogP contribution in [0.1, 0.15) is 23.1 Å². The van der Waals surface area contributed by atoms with E-state index in [0.29, 0.717) is 6.61 Å². The number of aromatic nitrogens is 2. The molecule has 1 aromatic heterocycles. The summed E-state index contributed by atoms with van der Waals surface area (Å²) in [5, 5.41) is 8.79. The zero-order valence-electron chi connectivity index (χ0n) is 8.66. The van der Waals surface area contributed by atoms with Gasteiger partial charge in [0.15, 0.2) is 0 Å². The van der Waals surface area contributed by atoms with E-state index in [1.165, 1.54) is 0 Å². The van der Waals surface area contributed by atoms with Crippen LogP contribution in [-0.4, -0.2) is 35.2 Å². The van der Waals surface area contributed by atoms with Crippen molar-refractivity contribution in [2.24, 2.45) is 0 Å². The molecule has 0 saturated heterocycles. The second kappa shape index (κ2) is 5.14.